The van der Waals surface area contributed by atoms with Crippen LogP contribution in [0, 0.1) is 0 Å². The monoisotopic (exact) mass is 377 g/mol. The molecule has 144 valence electrons. The number of hydrogen-bond acceptors (Lipinski definition) is 7. The molecule has 1 aromatic heterocycles. The van der Waals surface area contributed by atoms with Crippen LogP contribution in [-0.2, 0) is 0 Å². The fourth-order valence-corrected chi connectivity index (χ4v) is 3.88. The van der Waals surface area contributed by atoms with Crippen molar-refractivity contribution < 1.29 is 4.79 Å². The Hall–Kier alpha value is -3.42. The summed E-state index contributed by atoms with van der Waals surface area (Å²) in [6, 6.07) is 12.6. The Morgan fingerprint density at radius 1 is 1.04 bits per heavy atom. The average Bonchev–Trinajstić information content (AvgIpc) is 2.69. The van der Waals surface area contributed by atoms with Crippen molar-refractivity contribution in [2.24, 2.45) is 21.5 Å². The predicted molar refractivity (Wildman–Crippen MR) is 110 cm³/mol. The number of hydrogen-bond donors (Lipinski definition) is 3. The smallest absolute Gasteiger partial charge is 0.256 e. The van der Waals surface area contributed by atoms with Gasteiger partial charge in [0, 0.05) is 17.4 Å². The van der Waals surface area contributed by atoms with E-state index in [0.29, 0.717) is 17.3 Å². The van der Waals surface area contributed by atoms with Crippen molar-refractivity contribution in [1.82, 2.24) is 4.98 Å². The molecule has 8 nitrogen and oxygen atoms in total. The van der Waals surface area contributed by atoms with Crippen molar-refractivity contribution in [2.45, 2.75) is 37.8 Å². The molecule has 0 atom stereocenters. The van der Waals surface area contributed by atoms with Crippen LogP contribution in [0.5, 0.6) is 0 Å². The van der Waals surface area contributed by atoms with E-state index >= 15 is 0 Å². The molecule has 4 rings (SSSR count). The van der Waals surface area contributed by atoms with Crippen LogP contribution in [0.1, 0.15) is 42.5 Å². The molecule has 1 amide bonds. The number of anilines is 2. The second kappa shape index (κ2) is 7.30. The highest BCUT2D eigenvalue weighted by molar-refractivity contribution is 6.07. The van der Waals surface area contributed by atoms with Crippen molar-refractivity contribution in [2.75, 3.05) is 10.2 Å². The molecule has 28 heavy (non-hydrogen) atoms. The van der Waals surface area contributed by atoms with Crippen molar-refractivity contribution in [3.63, 3.8) is 0 Å². The molecule has 8 heteroatoms. The van der Waals surface area contributed by atoms with Crippen molar-refractivity contribution >= 4 is 29.3 Å². The zero-order chi connectivity index (χ0) is 19.6. The SMILES string of the molecule is NC1=NC2(CCCCC2)N(c2ccc(C(=O)Nc3ccccn3)cc2)C(N)=N1. The molecule has 2 aromatic rings. The largest absolute Gasteiger partial charge is 0.369 e. The summed E-state index contributed by atoms with van der Waals surface area (Å²) >= 11 is 0. The van der Waals surface area contributed by atoms with Crippen LogP contribution >= 0.6 is 0 Å². The van der Waals surface area contributed by atoms with E-state index in [1.807, 2.05) is 23.1 Å². The molecule has 1 saturated carbocycles. The molecule has 2 heterocycles. The molecule has 0 bridgehead atoms. The Bertz CT molecular complexity index is 915. The van der Waals surface area contributed by atoms with Crippen LogP contribution in [0.2, 0.25) is 0 Å². The number of guanidine groups is 2. The van der Waals surface area contributed by atoms with E-state index in [0.717, 1.165) is 31.4 Å². The first-order valence-corrected chi connectivity index (χ1v) is 9.40. The first kappa shape index (κ1) is 18.0. The van der Waals surface area contributed by atoms with Crippen LogP contribution < -0.4 is 21.7 Å². The van der Waals surface area contributed by atoms with E-state index in [-0.39, 0.29) is 11.9 Å². The van der Waals surface area contributed by atoms with Gasteiger partial charge in [-0.3, -0.25) is 9.69 Å². The molecular formula is C20H23N7O. The van der Waals surface area contributed by atoms with E-state index in [1.54, 1.807) is 30.5 Å². The van der Waals surface area contributed by atoms with Gasteiger partial charge >= 0.3 is 0 Å². The van der Waals surface area contributed by atoms with E-state index in [4.69, 9.17) is 11.5 Å². The molecule has 0 saturated heterocycles. The molecule has 1 fully saturated rings. The minimum absolute atomic E-state index is 0.222. The molecule has 2 aliphatic rings. The Balaban J connectivity index is 1.59. The number of rotatable bonds is 3. The average molecular weight is 377 g/mol. The van der Waals surface area contributed by atoms with Gasteiger partial charge < -0.3 is 16.8 Å². The normalized spacial score (nSPS) is 18.4. The van der Waals surface area contributed by atoms with Gasteiger partial charge in [0.2, 0.25) is 11.9 Å². The van der Waals surface area contributed by atoms with Crippen molar-refractivity contribution in [3.8, 4) is 0 Å². The van der Waals surface area contributed by atoms with E-state index in [9.17, 15) is 4.79 Å². The zero-order valence-electron chi connectivity index (χ0n) is 15.5. The lowest BCUT2D eigenvalue weighted by Crippen LogP contribution is -2.58. The number of pyridine rings is 1. The maximum atomic E-state index is 12.5. The van der Waals surface area contributed by atoms with Crippen LogP contribution in [-0.4, -0.2) is 28.5 Å². The molecule has 0 radical (unpaired) electrons. The van der Waals surface area contributed by atoms with Crippen molar-refractivity contribution in [1.29, 1.82) is 0 Å². The second-order valence-electron chi connectivity index (χ2n) is 7.03. The number of benzene rings is 1. The van der Waals surface area contributed by atoms with Crippen LogP contribution in [0.15, 0.2) is 58.6 Å². The molecule has 1 aromatic carbocycles. The first-order valence-electron chi connectivity index (χ1n) is 9.40. The standard InChI is InChI=1S/C20H23N7O/c21-18-25-19(22)27(20(26-18)11-3-1-4-12-20)15-9-7-14(8-10-15)17(28)24-16-6-2-5-13-23-16/h2,5-10,13H,1,3-4,11-12H2,(H,23,24,28)(H4,21,22,25,26). The highest BCUT2D eigenvalue weighted by Gasteiger charge is 2.42. The summed E-state index contributed by atoms with van der Waals surface area (Å²) in [6.45, 7) is 0. The number of carbonyl (C=O) groups excluding carboxylic acids is 1. The third-order valence-corrected chi connectivity index (χ3v) is 5.15. The molecule has 1 spiro atoms. The maximum Gasteiger partial charge on any atom is 0.256 e. The molecule has 5 N–H and O–H groups in total. The summed E-state index contributed by atoms with van der Waals surface area (Å²) in [5.74, 6) is 0.845. The van der Waals surface area contributed by atoms with Gasteiger partial charge in [-0.15, -0.1) is 0 Å². The van der Waals surface area contributed by atoms with E-state index in [1.165, 1.54) is 6.42 Å². The molecule has 0 unspecified atom stereocenters. The van der Waals surface area contributed by atoms with Gasteiger partial charge in [0.05, 0.1) is 0 Å². The summed E-state index contributed by atoms with van der Waals surface area (Å²) < 4.78 is 0. The minimum atomic E-state index is -0.494. The Kier molecular flexibility index (Phi) is 4.68. The van der Waals surface area contributed by atoms with E-state index < -0.39 is 5.66 Å². The summed E-state index contributed by atoms with van der Waals surface area (Å²) in [7, 11) is 0. The van der Waals surface area contributed by atoms with Gasteiger partial charge in [-0.1, -0.05) is 12.5 Å². The maximum absolute atomic E-state index is 12.5. The van der Waals surface area contributed by atoms with Gasteiger partial charge in [0.15, 0.2) is 0 Å². The number of amides is 1. The van der Waals surface area contributed by atoms with Crippen LogP contribution in [0.25, 0.3) is 0 Å². The fourth-order valence-electron chi connectivity index (χ4n) is 3.88. The predicted octanol–water partition coefficient (Wildman–Crippen LogP) is 2.44. The van der Waals surface area contributed by atoms with Gasteiger partial charge in [0.1, 0.15) is 11.5 Å². The van der Waals surface area contributed by atoms with Gasteiger partial charge in [-0.2, -0.15) is 4.99 Å². The van der Waals surface area contributed by atoms with E-state index in [2.05, 4.69) is 20.3 Å². The highest BCUT2D eigenvalue weighted by atomic mass is 16.1. The number of nitrogens with zero attached hydrogens (tertiary/aromatic N) is 4. The number of aromatic nitrogens is 1. The van der Waals surface area contributed by atoms with Crippen LogP contribution in [0.4, 0.5) is 11.5 Å². The molecular weight excluding hydrogens is 354 g/mol. The number of aliphatic imine (C=N–C) groups is 2. The van der Waals surface area contributed by atoms with Crippen LogP contribution in [0.3, 0.4) is 0 Å². The van der Waals surface area contributed by atoms with Gasteiger partial charge in [0.25, 0.3) is 5.91 Å². The summed E-state index contributed by atoms with van der Waals surface area (Å²) in [5.41, 5.74) is 13.0. The quantitative estimate of drug-likeness (QED) is 0.758. The Morgan fingerprint density at radius 2 is 1.79 bits per heavy atom. The summed E-state index contributed by atoms with van der Waals surface area (Å²) in [4.78, 5) is 27.3. The Labute approximate surface area is 163 Å². The lowest BCUT2D eigenvalue weighted by atomic mass is 9.87. The summed E-state index contributed by atoms with van der Waals surface area (Å²) in [5, 5.41) is 2.78. The molecule has 1 aliphatic heterocycles. The molecule has 1 aliphatic carbocycles. The topological polar surface area (TPSA) is 122 Å². The minimum Gasteiger partial charge on any atom is -0.369 e. The van der Waals surface area contributed by atoms with Crippen molar-refractivity contribution in [3.05, 3.63) is 54.2 Å². The lowest BCUT2D eigenvalue weighted by molar-refractivity contribution is 0.102. The zero-order valence-corrected chi connectivity index (χ0v) is 15.5. The number of nitrogens with two attached hydrogens (primary N) is 2. The summed E-state index contributed by atoms with van der Waals surface area (Å²) in [6.07, 6.45) is 6.66. The number of nitrogens with one attached hydrogen (secondary N) is 1. The highest BCUT2D eigenvalue weighted by Crippen LogP contribution is 2.39. The fraction of sp³-hybridized carbons (Fsp3) is 0.300. The Morgan fingerprint density at radius 3 is 2.46 bits per heavy atom. The van der Waals surface area contributed by atoms with Gasteiger partial charge in [-0.05, 0) is 62.1 Å². The lowest BCUT2D eigenvalue weighted by Gasteiger charge is -2.45. The first-order chi connectivity index (χ1) is 13.6. The second-order valence-corrected chi connectivity index (χ2v) is 7.03. The number of carbonyl (C=O) groups is 1. The van der Waals surface area contributed by atoms with Gasteiger partial charge in [-0.25, -0.2) is 9.98 Å². The third kappa shape index (κ3) is 3.40. The third-order valence-electron chi connectivity index (χ3n) is 5.15.